The first-order valence-corrected chi connectivity index (χ1v) is 14.7. The number of sulfone groups is 1. The highest BCUT2D eigenvalue weighted by Gasteiger charge is 2.34. The molecule has 0 bridgehead atoms. The van der Waals surface area contributed by atoms with Gasteiger partial charge in [-0.2, -0.15) is 0 Å². The maximum atomic E-state index is 12.8. The van der Waals surface area contributed by atoms with Crippen molar-refractivity contribution in [2.45, 2.75) is 63.3 Å². The van der Waals surface area contributed by atoms with E-state index in [2.05, 4.69) is 16.4 Å². The zero-order valence-corrected chi connectivity index (χ0v) is 20.9. The Morgan fingerprint density at radius 2 is 2.03 bits per heavy atom. The minimum absolute atomic E-state index is 0.00741. The topological polar surface area (TPSA) is 99.7 Å². The fraction of sp³-hybridized carbons (Fsp3) is 0.696. The molecule has 1 aromatic rings. The summed E-state index contributed by atoms with van der Waals surface area (Å²) in [6.07, 6.45) is 10.3. The Bertz CT molecular complexity index is 996. The maximum absolute atomic E-state index is 12.8. The number of rotatable bonds is 6. The predicted octanol–water partition coefficient (Wildman–Crippen LogP) is 3.18. The van der Waals surface area contributed by atoms with Crippen molar-refractivity contribution >= 4 is 33.1 Å². The van der Waals surface area contributed by atoms with Crippen LogP contribution < -0.4 is 5.32 Å². The largest absolute Gasteiger partial charge is 0.338 e. The van der Waals surface area contributed by atoms with E-state index in [0.29, 0.717) is 31.7 Å². The average molecular weight is 495 g/mol. The fourth-order valence-corrected chi connectivity index (χ4v) is 7.64. The van der Waals surface area contributed by atoms with Crippen molar-refractivity contribution in [3.05, 3.63) is 27.7 Å². The summed E-state index contributed by atoms with van der Waals surface area (Å²) in [4.78, 5) is 33.3. The summed E-state index contributed by atoms with van der Waals surface area (Å²) >= 11 is 1.48. The minimum atomic E-state index is -3.04. The second-order valence-corrected chi connectivity index (χ2v) is 12.5. The number of carbonyl (C=O) groups excluding carboxylic acids is 2. The Labute approximate surface area is 200 Å². The van der Waals surface area contributed by atoms with Gasteiger partial charge in [-0.25, -0.2) is 18.2 Å². The molecule has 1 aromatic heterocycles. The maximum Gasteiger partial charge on any atom is 0.317 e. The van der Waals surface area contributed by atoms with Gasteiger partial charge in [0.2, 0.25) is 0 Å². The standard InChI is InChI=1S/C23H34N4O4S2/c1-26(19-10-14-33(30,31)16-19)22(28)20-15-32-21(25-20)18-8-12-27(13-9-18)23(29)24-11-7-17-5-3-2-4-6-17/h5,15,18-19H,2-4,6-14,16H2,1H3,(H,24,29). The van der Waals surface area contributed by atoms with Crippen molar-refractivity contribution < 1.29 is 18.0 Å². The summed E-state index contributed by atoms with van der Waals surface area (Å²) in [5, 5.41) is 5.76. The van der Waals surface area contributed by atoms with E-state index in [1.807, 2.05) is 4.90 Å². The van der Waals surface area contributed by atoms with Crippen molar-refractivity contribution in [3.8, 4) is 0 Å². The Balaban J connectivity index is 1.23. The Hall–Kier alpha value is -1.94. The molecule has 3 heterocycles. The Morgan fingerprint density at radius 1 is 1.24 bits per heavy atom. The highest BCUT2D eigenvalue weighted by atomic mass is 32.2. The lowest BCUT2D eigenvalue weighted by Gasteiger charge is -2.31. The van der Waals surface area contributed by atoms with Crippen LogP contribution in [-0.4, -0.2) is 79.4 Å². The van der Waals surface area contributed by atoms with Crippen molar-refractivity contribution in [3.63, 3.8) is 0 Å². The predicted molar refractivity (Wildman–Crippen MR) is 129 cm³/mol. The van der Waals surface area contributed by atoms with Crippen LogP contribution in [0.1, 0.15) is 72.8 Å². The van der Waals surface area contributed by atoms with Gasteiger partial charge in [-0.05, 0) is 51.4 Å². The van der Waals surface area contributed by atoms with Crippen LogP contribution in [-0.2, 0) is 9.84 Å². The molecule has 2 saturated heterocycles. The van der Waals surface area contributed by atoms with Gasteiger partial charge in [-0.3, -0.25) is 4.79 Å². The number of hydrogen-bond donors (Lipinski definition) is 1. The Morgan fingerprint density at radius 3 is 2.70 bits per heavy atom. The van der Waals surface area contributed by atoms with Gasteiger partial charge in [0.25, 0.3) is 5.91 Å². The summed E-state index contributed by atoms with van der Waals surface area (Å²) in [7, 11) is -1.38. The highest BCUT2D eigenvalue weighted by molar-refractivity contribution is 7.91. The molecular formula is C23H34N4O4S2. The zero-order chi connectivity index (χ0) is 23.4. The molecule has 2 aliphatic heterocycles. The number of likely N-dealkylation sites (tertiary alicyclic amines) is 1. The minimum Gasteiger partial charge on any atom is -0.338 e. The number of thiazole rings is 1. The molecule has 3 amide bonds. The van der Waals surface area contributed by atoms with E-state index in [0.717, 1.165) is 30.7 Å². The molecule has 33 heavy (non-hydrogen) atoms. The molecule has 1 aliphatic carbocycles. The fourth-order valence-electron chi connectivity index (χ4n) is 4.90. The molecule has 0 spiro atoms. The average Bonchev–Trinajstić information content (AvgIpc) is 3.45. The molecule has 2 fully saturated rings. The van der Waals surface area contributed by atoms with Crippen LogP contribution >= 0.6 is 11.3 Å². The van der Waals surface area contributed by atoms with E-state index in [-0.39, 0.29) is 35.4 Å². The number of hydrogen-bond acceptors (Lipinski definition) is 6. The van der Waals surface area contributed by atoms with E-state index in [1.54, 1.807) is 12.4 Å². The quantitative estimate of drug-likeness (QED) is 0.613. The second-order valence-electron chi connectivity index (χ2n) is 9.40. The number of amides is 3. The van der Waals surface area contributed by atoms with Crippen LogP contribution in [0.2, 0.25) is 0 Å². The van der Waals surface area contributed by atoms with Crippen LogP contribution in [0.15, 0.2) is 17.0 Å². The number of carbonyl (C=O) groups is 2. The van der Waals surface area contributed by atoms with E-state index < -0.39 is 9.84 Å². The third-order valence-corrected chi connectivity index (χ3v) is 9.81. The molecule has 1 unspecified atom stereocenters. The number of piperidine rings is 1. The second kappa shape index (κ2) is 10.5. The van der Waals surface area contributed by atoms with Crippen LogP contribution in [0.3, 0.4) is 0 Å². The third-order valence-electron chi connectivity index (χ3n) is 7.06. The number of nitrogens with zero attached hydrogens (tertiary/aromatic N) is 3. The lowest BCUT2D eigenvalue weighted by Crippen LogP contribution is -2.44. The van der Waals surface area contributed by atoms with Gasteiger partial charge >= 0.3 is 6.03 Å². The van der Waals surface area contributed by atoms with E-state index in [4.69, 9.17) is 0 Å². The van der Waals surface area contributed by atoms with Gasteiger partial charge in [-0.15, -0.1) is 11.3 Å². The van der Waals surface area contributed by atoms with Crippen molar-refractivity contribution in [1.82, 2.24) is 20.1 Å². The van der Waals surface area contributed by atoms with Crippen LogP contribution in [0.25, 0.3) is 0 Å². The van der Waals surface area contributed by atoms with Gasteiger partial charge in [0.1, 0.15) is 5.69 Å². The molecular weight excluding hydrogens is 460 g/mol. The molecule has 10 heteroatoms. The molecule has 0 saturated carbocycles. The van der Waals surface area contributed by atoms with Gasteiger partial charge in [0.15, 0.2) is 9.84 Å². The smallest absolute Gasteiger partial charge is 0.317 e. The van der Waals surface area contributed by atoms with Crippen molar-refractivity contribution in [2.75, 3.05) is 38.2 Å². The molecule has 4 rings (SSSR count). The van der Waals surface area contributed by atoms with Crippen molar-refractivity contribution in [2.24, 2.45) is 0 Å². The first kappa shape index (κ1) is 24.2. The zero-order valence-electron chi connectivity index (χ0n) is 19.3. The molecule has 1 atom stereocenters. The number of aromatic nitrogens is 1. The molecule has 0 aromatic carbocycles. The molecule has 8 nitrogen and oxygen atoms in total. The monoisotopic (exact) mass is 494 g/mol. The van der Waals surface area contributed by atoms with E-state index >= 15 is 0 Å². The highest BCUT2D eigenvalue weighted by Crippen LogP contribution is 2.31. The van der Waals surface area contributed by atoms with E-state index in [1.165, 1.54) is 41.1 Å². The molecule has 1 N–H and O–H groups in total. The van der Waals surface area contributed by atoms with Gasteiger partial charge in [-0.1, -0.05) is 11.6 Å². The molecule has 0 radical (unpaired) electrons. The van der Waals surface area contributed by atoms with E-state index in [9.17, 15) is 18.0 Å². The first-order chi connectivity index (χ1) is 15.8. The van der Waals surface area contributed by atoms with Gasteiger partial charge < -0.3 is 15.1 Å². The number of allylic oxidation sites excluding steroid dienone is 1. The summed E-state index contributed by atoms with van der Waals surface area (Å²) in [5.41, 5.74) is 1.86. The van der Waals surface area contributed by atoms with Crippen LogP contribution in [0.4, 0.5) is 4.79 Å². The van der Waals surface area contributed by atoms with Crippen molar-refractivity contribution in [1.29, 1.82) is 0 Å². The third kappa shape index (κ3) is 6.15. The summed E-state index contributed by atoms with van der Waals surface area (Å²) in [5.74, 6) is 0.195. The SMILES string of the molecule is CN(C(=O)c1csc(C2CCN(C(=O)NCCC3=CCCCC3)CC2)n1)C1CCS(=O)(=O)C1. The molecule has 182 valence electrons. The molecule has 3 aliphatic rings. The Kier molecular flexibility index (Phi) is 7.73. The van der Waals surface area contributed by atoms with Crippen LogP contribution in [0, 0.1) is 0 Å². The summed E-state index contributed by atoms with van der Waals surface area (Å²) in [6.45, 7) is 2.06. The number of nitrogens with one attached hydrogen (secondary N) is 1. The first-order valence-electron chi connectivity index (χ1n) is 12.0. The lowest BCUT2D eigenvalue weighted by molar-refractivity contribution is 0.0742. The summed E-state index contributed by atoms with van der Waals surface area (Å²) in [6, 6.07) is -0.267. The number of urea groups is 1. The van der Waals surface area contributed by atoms with Crippen LogP contribution in [0.5, 0.6) is 0 Å². The van der Waals surface area contributed by atoms with Gasteiger partial charge in [0.05, 0.1) is 16.5 Å². The van der Waals surface area contributed by atoms with Gasteiger partial charge in [0, 0.05) is 44.0 Å². The normalized spacial score (nSPS) is 23.2. The lowest BCUT2D eigenvalue weighted by atomic mass is 9.97. The summed E-state index contributed by atoms with van der Waals surface area (Å²) < 4.78 is 23.5.